The second kappa shape index (κ2) is 13.2. The molecule has 1 saturated heterocycles. The van der Waals surface area contributed by atoms with Crippen LogP contribution in [0.15, 0.2) is 35.3 Å². The monoisotopic (exact) mass is 449 g/mol. The number of guanidine groups is 1. The summed E-state index contributed by atoms with van der Waals surface area (Å²) in [7, 11) is 0. The van der Waals surface area contributed by atoms with E-state index in [0.717, 1.165) is 31.2 Å². The quantitative estimate of drug-likeness (QED) is 0.174. The van der Waals surface area contributed by atoms with Crippen LogP contribution in [0.25, 0.3) is 0 Å². The lowest BCUT2D eigenvalue weighted by atomic mass is 10.1. The average molecular weight is 450 g/mol. The van der Waals surface area contributed by atoms with Crippen molar-refractivity contribution in [3.8, 4) is 0 Å². The molecule has 11 heteroatoms. The van der Waals surface area contributed by atoms with Crippen molar-refractivity contribution in [1.82, 2.24) is 10.6 Å². The Morgan fingerprint density at radius 1 is 1.19 bits per heavy atom. The first-order valence-electron chi connectivity index (χ1n) is 10.5. The molecule has 0 radical (unpaired) electrons. The van der Waals surface area contributed by atoms with Crippen molar-refractivity contribution in [2.45, 2.75) is 57.0 Å². The summed E-state index contributed by atoms with van der Waals surface area (Å²) < 4.78 is 10.8. The number of carbonyl (C=O) groups excluding carboxylic acids is 2. The molecular formula is C21H31N5O6. The van der Waals surface area contributed by atoms with E-state index in [9.17, 15) is 19.5 Å². The molecule has 0 spiro atoms. The smallest absolute Gasteiger partial charge is 0.408 e. The fraction of sp³-hybridized carbons (Fsp3) is 0.524. The Labute approximate surface area is 186 Å². The third-order valence-corrected chi connectivity index (χ3v) is 4.91. The lowest BCUT2D eigenvalue weighted by molar-refractivity contribution is -0.139. The fourth-order valence-electron chi connectivity index (χ4n) is 3.23. The number of unbranched alkanes of at least 4 members (excludes halogenated alkanes) is 1. The number of hydrogen-bond acceptors (Lipinski definition) is 6. The van der Waals surface area contributed by atoms with Crippen molar-refractivity contribution in [2.75, 3.05) is 13.1 Å². The molecule has 1 aliphatic rings. The second-order valence-electron chi connectivity index (χ2n) is 7.47. The van der Waals surface area contributed by atoms with Crippen LogP contribution in [0, 0.1) is 0 Å². The van der Waals surface area contributed by atoms with E-state index in [0.29, 0.717) is 13.0 Å². The molecule has 0 bridgehead atoms. The zero-order valence-electron chi connectivity index (χ0n) is 17.9. The third kappa shape index (κ3) is 9.21. The number of nitrogens with two attached hydrogens (primary N) is 2. The van der Waals surface area contributed by atoms with Gasteiger partial charge >= 0.3 is 12.1 Å². The van der Waals surface area contributed by atoms with Crippen molar-refractivity contribution in [3.63, 3.8) is 0 Å². The molecule has 1 aromatic carbocycles. The van der Waals surface area contributed by atoms with Crippen LogP contribution in [-0.2, 0) is 25.7 Å². The number of ether oxygens (including phenoxy) is 2. The third-order valence-electron chi connectivity index (χ3n) is 4.91. The number of carboxylic acid groups (broad SMARTS) is 1. The lowest BCUT2D eigenvalue weighted by Crippen LogP contribution is -2.50. The number of alkyl carbamates (subject to hydrolysis) is 1. The summed E-state index contributed by atoms with van der Waals surface area (Å²) in [5.74, 6) is -1.62. The van der Waals surface area contributed by atoms with Crippen LogP contribution in [0.4, 0.5) is 4.79 Å². The van der Waals surface area contributed by atoms with Gasteiger partial charge in [-0.25, -0.2) is 9.59 Å². The van der Waals surface area contributed by atoms with Gasteiger partial charge in [0.15, 0.2) is 5.96 Å². The zero-order chi connectivity index (χ0) is 23.3. The summed E-state index contributed by atoms with van der Waals surface area (Å²) in [4.78, 5) is 39.6. The van der Waals surface area contributed by atoms with E-state index in [-0.39, 0.29) is 25.2 Å². The van der Waals surface area contributed by atoms with E-state index in [1.54, 1.807) is 24.3 Å². The normalized spacial score (nSPS) is 18.4. The maximum atomic E-state index is 12.3. The van der Waals surface area contributed by atoms with Gasteiger partial charge in [0.1, 0.15) is 18.8 Å². The molecule has 3 atom stereocenters. The minimum Gasteiger partial charge on any atom is -0.480 e. The van der Waals surface area contributed by atoms with Crippen LogP contribution in [0.2, 0.25) is 0 Å². The van der Waals surface area contributed by atoms with Gasteiger partial charge in [0.05, 0.1) is 6.10 Å². The molecular weight excluding hydrogens is 418 g/mol. The highest BCUT2D eigenvalue weighted by Crippen LogP contribution is 2.23. The molecule has 1 aliphatic heterocycles. The number of rotatable bonds is 12. The first-order valence-corrected chi connectivity index (χ1v) is 10.5. The van der Waals surface area contributed by atoms with Gasteiger partial charge in [0.25, 0.3) is 0 Å². The highest BCUT2D eigenvalue weighted by atomic mass is 16.5. The van der Waals surface area contributed by atoms with Crippen molar-refractivity contribution < 1.29 is 29.0 Å². The van der Waals surface area contributed by atoms with E-state index in [1.807, 2.05) is 6.07 Å². The van der Waals surface area contributed by atoms with Gasteiger partial charge in [-0.3, -0.25) is 9.79 Å². The molecule has 2 rings (SSSR count). The number of aliphatic imine (C=N–C) groups is 1. The molecule has 1 fully saturated rings. The van der Waals surface area contributed by atoms with E-state index in [4.69, 9.17) is 20.9 Å². The Morgan fingerprint density at radius 3 is 2.62 bits per heavy atom. The highest BCUT2D eigenvalue weighted by Gasteiger charge is 2.31. The van der Waals surface area contributed by atoms with E-state index < -0.39 is 30.1 Å². The number of hydrogen-bond donors (Lipinski definition) is 5. The Balaban J connectivity index is 1.68. The summed E-state index contributed by atoms with van der Waals surface area (Å²) in [5, 5.41) is 14.1. The molecule has 0 aliphatic carbocycles. The van der Waals surface area contributed by atoms with Crippen molar-refractivity contribution >= 4 is 23.9 Å². The molecule has 1 heterocycles. The van der Waals surface area contributed by atoms with Gasteiger partial charge < -0.3 is 36.7 Å². The van der Waals surface area contributed by atoms with E-state index in [1.165, 1.54) is 0 Å². The minimum atomic E-state index is -1.32. The Morgan fingerprint density at radius 2 is 1.94 bits per heavy atom. The standard InChI is InChI=1S/C21H31N5O6/c22-20(23)24-11-5-4-8-15-9-10-17(32-15)18(27)25-12-16(19(28)29)26-21(30)31-13-14-6-2-1-3-7-14/h1-3,6-7,15-17H,4-5,8-13H2,(H,25,27)(H,26,30)(H,28,29)(H4,22,23,24)/t15-,16+,17-/m1/s1. The van der Waals surface area contributed by atoms with E-state index in [2.05, 4.69) is 15.6 Å². The van der Waals surface area contributed by atoms with Gasteiger partial charge in [0.2, 0.25) is 5.91 Å². The highest BCUT2D eigenvalue weighted by molar-refractivity contribution is 5.83. The van der Waals surface area contributed by atoms with Crippen molar-refractivity contribution in [3.05, 3.63) is 35.9 Å². The number of aliphatic carboxylic acids is 1. The molecule has 7 N–H and O–H groups in total. The van der Waals surface area contributed by atoms with Gasteiger partial charge in [-0.05, 0) is 37.7 Å². The number of carbonyl (C=O) groups is 3. The summed E-state index contributed by atoms with van der Waals surface area (Å²) in [5.41, 5.74) is 11.3. The number of amides is 2. The van der Waals surface area contributed by atoms with Crippen LogP contribution in [0.5, 0.6) is 0 Å². The Kier molecular flexibility index (Phi) is 10.2. The molecule has 176 valence electrons. The number of carboxylic acids is 1. The van der Waals surface area contributed by atoms with Crippen LogP contribution in [0.1, 0.15) is 37.7 Å². The predicted molar refractivity (Wildman–Crippen MR) is 117 cm³/mol. The summed E-state index contributed by atoms with van der Waals surface area (Å²) >= 11 is 0. The number of benzene rings is 1. The lowest BCUT2D eigenvalue weighted by Gasteiger charge is -2.17. The largest absolute Gasteiger partial charge is 0.480 e. The zero-order valence-corrected chi connectivity index (χ0v) is 17.9. The molecule has 0 aromatic heterocycles. The van der Waals surface area contributed by atoms with Crippen LogP contribution < -0.4 is 22.1 Å². The van der Waals surface area contributed by atoms with Crippen molar-refractivity contribution in [2.24, 2.45) is 16.5 Å². The first kappa shape index (κ1) is 24.9. The molecule has 1 aromatic rings. The number of nitrogens with zero attached hydrogens (tertiary/aromatic N) is 1. The SMILES string of the molecule is NC(N)=NCCCC[C@@H]1CC[C@H](C(=O)NC[C@H](NC(=O)OCc2ccccc2)C(=O)O)O1. The topological polar surface area (TPSA) is 178 Å². The maximum absolute atomic E-state index is 12.3. The molecule has 11 nitrogen and oxygen atoms in total. The molecule has 2 amide bonds. The molecule has 0 unspecified atom stereocenters. The molecule has 32 heavy (non-hydrogen) atoms. The van der Waals surface area contributed by atoms with Crippen LogP contribution >= 0.6 is 0 Å². The predicted octanol–water partition coefficient (Wildman–Crippen LogP) is 0.474. The number of nitrogens with one attached hydrogen (secondary N) is 2. The second-order valence-corrected chi connectivity index (χ2v) is 7.47. The van der Waals surface area contributed by atoms with Crippen LogP contribution in [0.3, 0.4) is 0 Å². The Bertz CT molecular complexity index is 784. The van der Waals surface area contributed by atoms with Gasteiger partial charge in [0, 0.05) is 13.1 Å². The summed E-state index contributed by atoms with van der Waals surface area (Å²) in [6, 6.07) is 7.67. The van der Waals surface area contributed by atoms with Gasteiger partial charge in [-0.1, -0.05) is 30.3 Å². The summed E-state index contributed by atoms with van der Waals surface area (Å²) in [6.45, 7) is 0.280. The van der Waals surface area contributed by atoms with E-state index >= 15 is 0 Å². The van der Waals surface area contributed by atoms with Crippen molar-refractivity contribution in [1.29, 1.82) is 0 Å². The molecule has 0 saturated carbocycles. The first-order chi connectivity index (χ1) is 15.3. The Hall–Kier alpha value is -3.34. The van der Waals surface area contributed by atoms with Gasteiger partial charge in [-0.15, -0.1) is 0 Å². The van der Waals surface area contributed by atoms with Gasteiger partial charge in [-0.2, -0.15) is 0 Å². The summed E-state index contributed by atoms with van der Waals surface area (Å²) in [6.07, 6.45) is 2.21. The minimum absolute atomic E-state index is 0.00856. The fourth-order valence-corrected chi connectivity index (χ4v) is 3.23. The maximum Gasteiger partial charge on any atom is 0.408 e. The average Bonchev–Trinajstić information content (AvgIpc) is 3.24. The van der Waals surface area contributed by atoms with Crippen LogP contribution in [-0.4, -0.2) is 60.4 Å².